The van der Waals surface area contributed by atoms with E-state index in [0.29, 0.717) is 17.7 Å². The molecule has 0 aromatic carbocycles. The number of hydrogen-bond donors (Lipinski definition) is 0. The zero-order chi connectivity index (χ0) is 16.8. The predicted molar refractivity (Wildman–Crippen MR) is 86.9 cm³/mol. The summed E-state index contributed by atoms with van der Waals surface area (Å²) in [4.78, 5) is 11.9. The van der Waals surface area contributed by atoms with Crippen molar-refractivity contribution in [2.45, 2.75) is 45.8 Å². The highest BCUT2D eigenvalue weighted by molar-refractivity contribution is 6.62. The third kappa shape index (κ3) is 2.64. The van der Waals surface area contributed by atoms with Gasteiger partial charge in [0.2, 0.25) is 0 Å². The summed E-state index contributed by atoms with van der Waals surface area (Å²) in [6.45, 7) is 10.2. The van der Waals surface area contributed by atoms with Crippen LogP contribution in [-0.4, -0.2) is 40.5 Å². The molecular formula is C16H21BN2O4. The molecule has 3 rings (SSSR count). The van der Waals surface area contributed by atoms with E-state index in [1.807, 2.05) is 46.0 Å². The summed E-state index contributed by atoms with van der Waals surface area (Å²) >= 11 is 0. The molecule has 1 aliphatic heterocycles. The van der Waals surface area contributed by atoms with Gasteiger partial charge in [0.15, 0.2) is 0 Å². The van der Waals surface area contributed by atoms with Gasteiger partial charge in [-0.15, -0.1) is 0 Å². The first-order chi connectivity index (χ1) is 10.7. The van der Waals surface area contributed by atoms with Gasteiger partial charge in [0.25, 0.3) is 0 Å². The van der Waals surface area contributed by atoms with Crippen molar-refractivity contribution in [1.82, 2.24) is 9.61 Å². The molecule has 7 heteroatoms. The number of pyridine rings is 1. The summed E-state index contributed by atoms with van der Waals surface area (Å²) < 4.78 is 18.8. The largest absolute Gasteiger partial charge is 0.496 e. The molecule has 0 amide bonds. The first-order valence-corrected chi connectivity index (χ1v) is 7.75. The van der Waals surface area contributed by atoms with E-state index in [4.69, 9.17) is 14.0 Å². The molecule has 23 heavy (non-hydrogen) atoms. The molecule has 6 nitrogen and oxygen atoms in total. The van der Waals surface area contributed by atoms with Crippen LogP contribution in [0.25, 0.3) is 5.52 Å². The lowest BCUT2D eigenvalue weighted by Gasteiger charge is -2.32. The van der Waals surface area contributed by atoms with Crippen LogP contribution in [0, 0.1) is 0 Å². The van der Waals surface area contributed by atoms with E-state index in [9.17, 15) is 4.79 Å². The molecule has 1 aliphatic rings. The number of carbonyl (C=O) groups is 1. The average Bonchev–Trinajstić information content (AvgIpc) is 2.97. The van der Waals surface area contributed by atoms with Gasteiger partial charge in [0.05, 0.1) is 29.5 Å². The van der Waals surface area contributed by atoms with Crippen LogP contribution in [0.4, 0.5) is 0 Å². The summed E-state index contributed by atoms with van der Waals surface area (Å²) in [6.07, 6.45) is 3.33. The molecule has 0 atom stereocenters. The van der Waals surface area contributed by atoms with Crippen molar-refractivity contribution in [3.8, 4) is 0 Å². The molecule has 0 N–H and O–H groups in total. The predicted octanol–water partition coefficient (Wildman–Crippen LogP) is 1.81. The average molecular weight is 316 g/mol. The maximum atomic E-state index is 11.9. The summed E-state index contributed by atoms with van der Waals surface area (Å²) in [5.41, 5.74) is 1.21. The molecule has 2 aromatic heterocycles. The van der Waals surface area contributed by atoms with Crippen molar-refractivity contribution in [1.29, 1.82) is 0 Å². The smallest absolute Gasteiger partial charge is 0.462 e. The van der Waals surface area contributed by atoms with Crippen molar-refractivity contribution >= 4 is 24.1 Å². The zero-order valence-electron chi connectivity index (χ0n) is 14.1. The van der Waals surface area contributed by atoms with Crippen LogP contribution in [0.2, 0.25) is 0 Å². The molecule has 0 saturated carbocycles. The summed E-state index contributed by atoms with van der Waals surface area (Å²) in [6, 6.07) is 3.72. The topological polar surface area (TPSA) is 62.1 Å². The van der Waals surface area contributed by atoms with Crippen LogP contribution in [0.5, 0.6) is 0 Å². The van der Waals surface area contributed by atoms with Crippen molar-refractivity contribution in [2.24, 2.45) is 0 Å². The molecule has 0 aliphatic carbocycles. The first-order valence-electron chi connectivity index (χ1n) is 7.75. The maximum Gasteiger partial charge on any atom is 0.496 e. The number of fused-ring (bicyclic) bond motifs is 1. The monoisotopic (exact) mass is 316 g/mol. The minimum Gasteiger partial charge on any atom is -0.462 e. The summed E-state index contributed by atoms with van der Waals surface area (Å²) in [7, 11) is -0.459. The fourth-order valence-electron chi connectivity index (χ4n) is 2.48. The van der Waals surface area contributed by atoms with Crippen LogP contribution in [0.1, 0.15) is 45.0 Å². The molecule has 0 bridgehead atoms. The van der Waals surface area contributed by atoms with E-state index < -0.39 is 18.3 Å². The fraction of sp³-hybridized carbons (Fsp3) is 0.500. The summed E-state index contributed by atoms with van der Waals surface area (Å²) in [5.74, 6) is -0.370. The van der Waals surface area contributed by atoms with E-state index in [2.05, 4.69) is 5.10 Å². The van der Waals surface area contributed by atoms with Crippen molar-refractivity contribution in [3.63, 3.8) is 0 Å². The van der Waals surface area contributed by atoms with Crippen molar-refractivity contribution < 1.29 is 18.8 Å². The third-order valence-electron chi connectivity index (χ3n) is 4.56. The first kappa shape index (κ1) is 16.0. The Labute approximate surface area is 135 Å². The normalized spacial score (nSPS) is 19.3. The third-order valence-corrected chi connectivity index (χ3v) is 4.56. The van der Waals surface area contributed by atoms with Gasteiger partial charge in [0.1, 0.15) is 5.56 Å². The Hall–Kier alpha value is -1.86. The molecular weight excluding hydrogens is 295 g/mol. The molecule has 3 heterocycles. The van der Waals surface area contributed by atoms with Gasteiger partial charge in [-0.1, -0.05) is 6.07 Å². The van der Waals surface area contributed by atoms with Gasteiger partial charge < -0.3 is 14.0 Å². The van der Waals surface area contributed by atoms with E-state index in [-0.39, 0.29) is 5.97 Å². The Morgan fingerprint density at radius 1 is 1.26 bits per heavy atom. The second kappa shape index (κ2) is 5.35. The van der Waals surface area contributed by atoms with Gasteiger partial charge in [-0.3, -0.25) is 0 Å². The maximum absolute atomic E-state index is 11.9. The highest BCUT2D eigenvalue weighted by Crippen LogP contribution is 2.36. The fourth-order valence-corrected chi connectivity index (χ4v) is 2.48. The molecule has 2 aromatic rings. The molecule has 1 saturated heterocycles. The Morgan fingerprint density at radius 3 is 2.52 bits per heavy atom. The molecule has 0 radical (unpaired) electrons. The Balaban J connectivity index is 1.92. The molecule has 0 spiro atoms. The van der Waals surface area contributed by atoms with Gasteiger partial charge in [-0.2, -0.15) is 5.10 Å². The number of nitrogens with zero attached hydrogens (tertiary/aromatic N) is 2. The standard InChI is InChI=1S/C16H21BN2O4/c1-6-21-14(20)12-9-18-19-10-11(7-8-13(12)19)17-22-15(2,3)16(4,5)23-17/h7-10H,6H2,1-5H3. The number of carbonyl (C=O) groups excluding carboxylic acids is 1. The van der Waals surface area contributed by atoms with E-state index in [0.717, 1.165) is 5.46 Å². The quantitative estimate of drug-likeness (QED) is 0.638. The molecule has 1 fully saturated rings. The minimum absolute atomic E-state index is 0.335. The van der Waals surface area contributed by atoms with Crippen molar-refractivity contribution in [2.75, 3.05) is 6.61 Å². The van der Waals surface area contributed by atoms with Crippen LogP contribution in [0.3, 0.4) is 0 Å². The van der Waals surface area contributed by atoms with Gasteiger partial charge >= 0.3 is 13.1 Å². The lowest BCUT2D eigenvalue weighted by atomic mass is 9.80. The van der Waals surface area contributed by atoms with Gasteiger partial charge in [-0.25, -0.2) is 9.31 Å². The van der Waals surface area contributed by atoms with Crippen LogP contribution < -0.4 is 5.46 Å². The Kier molecular flexibility index (Phi) is 3.73. The highest BCUT2D eigenvalue weighted by atomic mass is 16.7. The van der Waals surface area contributed by atoms with Gasteiger partial charge in [0, 0.05) is 11.7 Å². The highest BCUT2D eigenvalue weighted by Gasteiger charge is 2.51. The van der Waals surface area contributed by atoms with E-state index in [1.165, 1.54) is 6.20 Å². The second-order valence-corrected chi connectivity index (χ2v) is 6.66. The van der Waals surface area contributed by atoms with E-state index >= 15 is 0 Å². The second-order valence-electron chi connectivity index (χ2n) is 6.66. The number of ether oxygens (including phenoxy) is 1. The zero-order valence-corrected chi connectivity index (χ0v) is 14.1. The summed E-state index contributed by atoms with van der Waals surface area (Å²) in [5, 5.41) is 4.23. The van der Waals surface area contributed by atoms with Crippen LogP contribution >= 0.6 is 0 Å². The molecule has 122 valence electrons. The van der Waals surface area contributed by atoms with E-state index in [1.54, 1.807) is 11.4 Å². The molecule has 0 unspecified atom stereocenters. The Bertz CT molecular complexity index is 738. The number of aromatic nitrogens is 2. The van der Waals surface area contributed by atoms with Crippen LogP contribution in [0.15, 0.2) is 24.5 Å². The lowest BCUT2D eigenvalue weighted by molar-refractivity contribution is 0.00578. The lowest BCUT2D eigenvalue weighted by Crippen LogP contribution is -2.41. The minimum atomic E-state index is -0.459. The SMILES string of the molecule is CCOC(=O)c1cnn2cc(B3OC(C)(C)C(C)(C)O3)ccc12. The number of esters is 1. The van der Waals surface area contributed by atoms with Gasteiger partial charge in [-0.05, 0) is 40.7 Å². The van der Waals surface area contributed by atoms with Crippen LogP contribution in [-0.2, 0) is 14.0 Å². The number of hydrogen-bond acceptors (Lipinski definition) is 5. The van der Waals surface area contributed by atoms with Crippen molar-refractivity contribution in [3.05, 3.63) is 30.1 Å². The number of rotatable bonds is 3. The Morgan fingerprint density at radius 2 is 1.91 bits per heavy atom.